The van der Waals surface area contributed by atoms with E-state index in [1.54, 1.807) is 17.0 Å². The molecule has 2 rings (SSSR count). The summed E-state index contributed by atoms with van der Waals surface area (Å²) >= 11 is 0. The summed E-state index contributed by atoms with van der Waals surface area (Å²) in [5, 5.41) is 8.83. The number of likely N-dealkylation sites (N-methyl/N-ethyl adjacent to an activating group) is 1. The van der Waals surface area contributed by atoms with Crippen LogP contribution in [0.4, 0.5) is 4.39 Å². The van der Waals surface area contributed by atoms with Crippen molar-refractivity contribution in [1.29, 1.82) is 5.26 Å². The van der Waals surface area contributed by atoms with E-state index >= 15 is 0 Å². The SMILES string of the molecule is C[C@@H](C#N)CN(C)CC(=O)N1CCO[C@@H](c2ccc(F)cc2)C1. The molecule has 1 aliphatic rings. The maximum atomic E-state index is 13.0. The van der Waals surface area contributed by atoms with E-state index in [2.05, 4.69) is 6.07 Å². The third-order valence-electron chi connectivity index (χ3n) is 3.87. The summed E-state index contributed by atoms with van der Waals surface area (Å²) in [5.74, 6) is -0.372. The molecule has 0 N–H and O–H groups in total. The molecule has 1 aliphatic heterocycles. The van der Waals surface area contributed by atoms with E-state index in [-0.39, 0.29) is 30.3 Å². The minimum Gasteiger partial charge on any atom is -0.370 e. The van der Waals surface area contributed by atoms with Gasteiger partial charge in [-0.3, -0.25) is 9.69 Å². The second kappa shape index (κ2) is 8.04. The molecular weight excluding hydrogens is 297 g/mol. The third-order valence-corrected chi connectivity index (χ3v) is 3.87. The number of morpholine rings is 1. The lowest BCUT2D eigenvalue weighted by atomic mass is 10.1. The van der Waals surface area contributed by atoms with Crippen LogP contribution in [0.3, 0.4) is 0 Å². The van der Waals surface area contributed by atoms with Gasteiger partial charge in [0.2, 0.25) is 5.91 Å². The molecule has 0 spiro atoms. The average Bonchev–Trinajstić information content (AvgIpc) is 2.55. The highest BCUT2D eigenvalue weighted by molar-refractivity contribution is 5.78. The molecule has 124 valence electrons. The maximum Gasteiger partial charge on any atom is 0.236 e. The standard InChI is InChI=1S/C17H22FN3O2/c1-13(9-19)10-20(2)12-17(22)21-7-8-23-16(11-21)14-3-5-15(18)6-4-14/h3-6,13,16H,7-8,10-12H2,1-2H3/t13-,16+/m0/s1. The molecule has 6 heteroatoms. The van der Waals surface area contributed by atoms with Crippen LogP contribution in [0.5, 0.6) is 0 Å². The number of ether oxygens (including phenoxy) is 1. The van der Waals surface area contributed by atoms with E-state index in [9.17, 15) is 9.18 Å². The molecule has 1 heterocycles. The zero-order chi connectivity index (χ0) is 16.8. The lowest BCUT2D eigenvalue weighted by molar-refractivity contribution is -0.140. The van der Waals surface area contributed by atoms with Crippen molar-refractivity contribution in [3.63, 3.8) is 0 Å². The highest BCUT2D eigenvalue weighted by atomic mass is 19.1. The van der Waals surface area contributed by atoms with Crippen molar-refractivity contribution < 1.29 is 13.9 Å². The number of hydrogen-bond donors (Lipinski definition) is 0. The van der Waals surface area contributed by atoms with Gasteiger partial charge in [-0.25, -0.2) is 4.39 Å². The number of carbonyl (C=O) groups excluding carboxylic acids is 1. The number of amides is 1. The molecule has 1 amide bonds. The highest BCUT2D eigenvalue weighted by Crippen LogP contribution is 2.22. The van der Waals surface area contributed by atoms with Crippen molar-refractivity contribution in [2.24, 2.45) is 5.92 Å². The Balaban J connectivity index is 1.91. The quantitative estimate of drug-likeness (QED) is 0.831. The van der Waals surface area contributed by atoms with Gasteiger partial charge in [-0.15, -0.1) is 0 Å². The second-order valence-corrected chi connectivity index (χ2v) is 5.98. The number of halogens is 1. The van der Waals surface area contributed by atoms with E-state index in [1.165, 1.54) is 12.1 Å². The van der Waals surface area contributed by atoms with Crippen molar-refractivity contribution >= 4 is 5.91 Å². The van der Waals surface area contributed by atoms with Crippen LogP contribution in [0.15, 0.2) is 24.3 Å². The van der Waals surface area contributed by atoms with Crippen molar-refractivity contribution in [2.75, 3.05) is 39.8 Å². The number of hydrogen-bond acceptors (Lipinski definition) is 4. The van der Waals surface area contributed by atoms with Crippen molar-refractivity contribution in [3.05, 3.63) is 35.6 Å². The van der Waals surface area contributed by atoms with Gasteiger partial charge < -0.3 is 9.64 Å². The second-order valence-electron chi connectivity index (χ2n) is 5.98. The van der Waals surface area contributed by atoms with E-state index in [1.807, 2.05) is 18.9 Å². The molecule has 1 aromatic carbocycles. The van der Waals surface area contributed by atoms with Gasteiger partial charge in [-0.05, 0) is 31.7 Å². The Bertz CT molecular complexity index is 570. The van der Waals surface area contributed by atoms with Gasteiger partial charge in [0.15, 0.2) is 0 Å². The maximum absolute atomic E-state index is 13.0. The zero-order valence-electron chi connectivity index (χ0n) is 13.5. The van der Waals surface area contributed by atoms with E-state index < -0.39 is 0 Å². The van der Waals surface area contributed by atoms with Gasteiger partial charge in [-0.2, -0.15) is 5.26 Å². The topological polar surface area (TPSA) is 56.6 Å². The first-order valence-electron chi connectivity index (χ1n) is 7.72. The summed E-state index contributed by atoms with van der Waals surface area (Å²) < 4.78 is 18.7. The first-order chi connectivity index (χ1) is 11.0. The lowest BCUT2D eigenvalue weighted by Crippen LogP contribution is -2.46. The Kier molecular flexibility index (Phi) is 6.08. The molecule has 1 fully saturated rings. The number of nitrogens with zero attached hydrogens (tertiary/aromatic N) is 3. The van der Waals surface area contributed by atoms with Crippen LogP contribution in [-0.2, 0) is 9.53 Å². The van der Waals surface area contributed by atoms with Crippen LogP contribution in [0.1, 0.15) is 18.6 Å². The summed E-state index contributed by atoms with van der Waals surface area (Å²) in [4.78, 5) is 16.0. The lowest BCUT2D eigenvalue weighted by Gasteiger charge is -2.34. The summed E-state index contributed by atoms with van der Waals surface area (Å²) in [6.07, 6.45) is -0.225. The molecule has 23 heavy (non-hydrogen) atoms. The van der Waals surface area contributed by atoms with Gasteiger partial charge in [0.1, 0.15) is 11.9 Å². The summed E-state index contributed by atoms with van der Waals surface area (Å²) in [5.41, 5.74) is 0.871. The van der Waals surface area contributed by atoms with Gasteiger partial charge in [0, 0.05) is 13.1 Å². The molecule has 0 bridgehead atoms. The molecule has 1 saturated heterocycles. The Morgan fingerprint density at radius 2 is 2.22 bits per heavy atom. The molecule has 0 saturated carbocycles. The van der Waals surface area contributed by atoms with Crippen molar-refractivity contribution in [1.82, 2.24) is 9.80 Å². The van der Waals surface area contributed by atoms with Crippen molar-refractivity contribution in [3.8, 4) is 6.07 Å². The molecule has 0 unspecified atom stereocenters. The predicted molar refractivity (Wildman–Crippen MR) is 83.9 cm³/mol. The van der Waals surface area contributed by atoms with Crippen LogP contribution < -0.4 is 0 Å². The normalized spacial score (nSPS) is 19.4. The first-order valence-corrected chi connectivity index (χ1v) is 7.72. The monoisotopic (exact) mass is 319 g/mol. The van der Waals surface area contributed by atoms with Gasteiger partial charge in [0.05, 0.1) is 31.7 Å². The number of benzene rings is 1. The molecule has 0 aliphatic carbocycles. The zero-order valence-corrected chi connectivity index (χ0v) is 13.5. The van der Waals surface area contributed by atoms with E-state index in [0.29, 0.717) is 26.2 Å². The molecule has 2 atom stereocenters. The van der Waals surface area contributed by atoms with Crippen LogP contribution in [-0.4, -0.2) is 55.5 Å². The van der Waals surface area contributed by atoms with Crippen LogP contribution in [0, 0.1) is 23.1 Å². The minimum absolute atomic E-state index is 0.0213. The largest absolute Gasteiger partial charge is 0.370 e. The highest BCUT2D eigenvalue weighted by Gasteiger charge is 2.26. The minimum atomic E-state index is -0.286. The third kappa shape index (κ3) is 5.02. The summed E-state index contributed by atoms with van der Waals surface area (Å²) in [6.45, 7) is 4.16. The number of carbonyl (C=O) groups is 1. The fourth-order valence-corrected chi connectivity index (χ4v) is 2.66. The predicted octanol–water partition coefficient (Wildman–Crippen LogP) is 1.82. The fraction of sp³-hybridized carbons (Fsp3) is 0.529. The Labute approximate surface area is 136 Å². The van der Waals surface area contributed by atoms with Gasteiger partial charge >= 0.3 is 0 Å². The van der Waals surface area contributed by atoms with E-state index in [4.69, 9.17) is 10.00 Å². The molecular formula is C17H22FN3O2. The molecule has 0 aromatic heterocycles. The van der Waals surface area contributed by atoms with Gasteiger partial charge in [-0.1, -0.05) is 12.1 Å². The summed E-state index contributed by atoms with van der Waals surface area (Å²) in [7, 11) is 1.84. The Morgan fingerprint density at radius 1 is 1.52 bits per heavy atom. The van der Waals surface area contributed by atoms with Crippen LogP contribution >= 0.6 is 0 Å². The van der Waals surface area contributed by atoms with Gasteiger partial charge in [0.25, 0.3) is 0 Å². The molecule has 1 aromatic rings. The van der Waals surface area contributed by atoms with Crippen molar-refractivity contribution in [2.45, 2.75) is 13.0 Å². The first kappa shape index (κ1) is 17.4. The average molecular weight is 319 g/mol. The number of rotatable bonds is 5. The van der Waals surface area contributed by atoms with Crippen LogP contribution in [0.2, 0.25) is 0 Å². The smallest absolute Gasteiger partial charge is 0.236 e. The van der Waals surface area contributed by atoms with E-state index in [0.717, 1.165) is 5.56 Å². The molecule has 5 nitrogen and oxygen atoms in total. The Hall–Kier alpha value is -1.97. The fourth-order valence-electron chi connectivity index (χ4n) is 2.66. The number of nitriles is 1. The summed E-state index contributed by atoms with van der Waals surface area (Å²) in [6, 6.07) is 8.34. The molecule has 0 radical (unpaired) electrons. The Morgan fingerprint density at radius 3 is 2.87 bits per heavy atom. The van der Waals surface area contributed by atoms with Crippen LogP contribution in [0.25, 0.3) is 0 Å².